The van der Waals surface area contributed by atoms with Crippen molar-refractivity contribution in [3.8, 4) is 0 Å². The molecule has 0 spiro atoms. The molecule has 1 fully saturated rings. The van der Waals surface area contributed by atoms with Crippen molar-refractivity contribution in [3.05, 3.63) is 35.1 Å². The van der Waals surface area contributed by atoms with Gasteiger partial charge in [-0.2, -0.15) is 0 Å². The number of hydrogen-bond acceptors (Lipinski definition) is 2. The Morgan fingerprint density at radius 1 is 1.44 bits per heavy atom. The molecule has 1 heterocycles. The van der Waals surface area contributed by atoms with E-state index in [1.807, 2.05) is 19.1 Å². The van der Waals surface area contributed by atoms with Crippen LogP contribution in [0.4, 0.5) is 4.39 Å². The summed E-state index contributed by atoms with van der Waals surface area (Å²) in [5.74, 6) is 0.512. The van der Waals surface area contributed by atoms with Crippen LogP contribution in [0.3, 0.4) is 0 Å². The average molecular weight is 273 g/mol. The minimum Gasteiger partial charge on any atom is -0.330 e. The second kappa shape index (κ2) is 7.07. The van der Waals surface area contributed by atoms with Gasteiger partial charge in [-0.25, -0.2) is 4.39 Å². The minimum absolute atomic E-state index is 0. The number of rotatable bonds is 3. The molecule has 0 bridgehead atoms. The van der Waals surface area contributed by atoms with E-state index in [-0.39, 0.29) is 18.2 Å². The van der Waals surface area contributed by atoms with Gasteiger partial charge in [-0.05, 0) is 56.0 Å². The first kappa shape index (κ1) is 15.4. The molecule has 2 rings (SSSR count). The van der Waals surface area contributed by atoms with Gasteiger partial charge in [0.1, 0.15) is 5.82 Å². The Bertz CT molecular complexity index is 384. The molecule has 1 atom stereocenters. The van der Waals surface area contributed by atoms with Gasteiger partial charge in [0.2, 0.25) is 0 Å². The predicted octanol–water partition coefficient (Wildman–Crippen LogP) is 2.73. The van der Waals surface area contributed by atoms with Crippen LogP contribution >= 0.6 is 12.4 Å². The Kier molecular flexibility index (Phi) is 6.06. The van der Waals surface area contributed by atoms with Gasteiger partial charge in [-0.15, -0.1) is 12.4 Å². The van der Waals surface area contributed by atoms with Crippen LogP contribution in [0.2, 0.25) is 0 Å². The molecule has 1 unspecified atom stereocenters. The summed E-state index contributed by atoms with van der Waals surface area (Å²) in [6.07, 6.45) is 2.47. The summed E-state index contributed by atoms with van der Waals surface area (Å²) >= 11 is 0. The lowest BCUT2D eigenvalue weighted by molar-refractivity contribution is 0.171. The molecule has 0 amide bonds. The van der Waals surface area contributed by atoms with Gasteiger partial charge in [-0.1, -0.05) is 12.1 Å². The van der Waals surface area contributed by atoms with Crippen molar-refractivity contribution < 1.29 is 4.39 Å². The number of halogens is 2. The number of piperidine rings is 1. The summed E-state index contributed by atoms with van der Waals surface area (Å²) in [7, 11) is 0. The van der Waals surface area contributed by atoms with Crippen LogP contribution in [0.15, 0.2) is 18.2 Å². The highest BCUT2D eigenvalue weighted by Crippen LogP contribution is 2.18. The maximum atomic E-state index is 13.2. The fraction of sp³-hybridized carbons (Fsp3) is 0.571. The van der Waals surface area contributed by atoms with Crippen LogP contribution in [0.25, 0.3) is 0 Å². The zero-order chi connectivity index (χ0) is 12.3. The van der Waals surface area contributed by atoms with E-state index in [1.54, 1.807) is 6.07 Å². The maximum absolute atomic E-state index is 13.2. The predicted molar refractivity (Wildman–Crippen MR) is 75.4 cm³/mol. The van der Waals surface area contributed by atoms with Crippen LogP contribution in [0, 0.1) is 18.7 Å². The smallest absolute Gasteiger partial charge is 0.126 e. The molecule has 1 saturated heterocycles. The van der Waals surface area contributed by atoms with Gasteiger partial charge in [0.15, 0.2) is 0 Å². The van der Waals surface area contributed by atoms with Crippen LogP contribution in [-0.2, 0) is 6.54 Å². The summed E-state index contributed by atoms with van der Waals surface area (Å²) in [6, 6.07) is 5.39. The molecule has 4 heteroatoms. The normalized spacial score (nSPS) is 20.5. The molecule has 0 aliphatic carbocycles. The highest BCUT2D eigenvalue weighted by Gasteiger charge is 2.18. The van der Waals surface area contributed by atoms with Crippen molar-refractivity contribution in [2.75, 3.05) is 19.6 Å². The molecule has 1 aromatic rings. The Morgan fingerprint density at radius 3 is 2.89 bits per heavy atom. The first-order valence-corrected chi connectivity index (χ1v) is 6.36. The summed E-state index contributed by atoms with van der Waals surface area (Å²) in [5, 5.41) is 0. The highest BCUT2D eigenvalue weighted by atomic mass is 35.5. The van der Waals surface area contributed by atoms with E-state index in [0.29, 0.717) is 5.92 Å². The van der Waals surface area contributed by atoms with E-state index >= 15 is 0 Å². The Hall–Kier alpha value is -0.640. The van der Waals surface area contributed by atoms with Crippen molar-refractivity contribution in [1.29, 1.82) is 0 Å². The summed E-state index contributed by atoms with van der Waals surface area (Å²) < 4.78 is 13.2. The van der Waals surface area contributed by atoms with Gasteiger partial charge in [0, 0.05) is 13.1 Å². The van der Waals surface area contributed by atoms with Crippen molar-refractivity contribution >= 4 is 12.4 Å². The van der Waals surface area contributed by atoms with Crippen molar-refractivity contribution in [2.45, 2.75) is 26.3 Å². The molecule has 0 aromatic heterocycles. The lowest BCUT2D eigenvalue weighted by atomic mass is 9.98. The van der Waals surface area contributed by atoms with E-state index in [0.717, 1.165) is 31.7 Å². The molecule has 1 aliphatic rings. The topological polar surface area (TPSA) is 29.3 Å². The quantitative estimate of drug-likeness (QED) is 0.917. The molecule has 18 heavy (non-hydrogen) atoms. The van der Waals surface area contributed by atoms with Crippen molar-refractivity contribution in [2.24, 2.45) is 11.7 Å². The summed E-state index contributed by atoms with van der Waals surface area (Å²) in [4.78, 5) is 2.42. The third-order valence-corrected chi connectivity index (χ3v) is 3.56. The first-order chi connectivity index (χ1) is 8.19. The summed E-state index contributed by atoms with van der Waals surface area (Å²) in [6.45, 7) is 5.72. The second-order valence-corrected chi connectivity index (χ2v) is 5.06. The third-order valence-electron chi connectivity index (χ3n) is 3.56. The molecular formula is C14H22ClFN2. The molecule has 102 valence electrons. The van der Waals surface area contributed by atoms with Crippen LogP contribution in [-0.4, -0.2) is 24.5 Å². The van der Waals surface area contributed by atoms with E-state index < -0.39 is 0 Å². The second-order valence-electron chi connectivity index (χ2n) is 5.06. The maximum Gasteiger partial charge on any atom is 0.126 e. The van der Waals surface area contributed by atoms with Crippen LogP contribution < -0.4 is 5.73 Å². The lowest BCUT2D eigenvalue weighted by Gasteiger charge is -2.32. The monoisotopic (exact) mass is 272 g/mol. The van der Waals surface area contributed by atoms with Crippen molar-refractivity contribution in [1.82, 2.24) is 4.90 Å². The lowest BCUT2D eigenvalue weighted by Crippen LogP contribution is -2.37. The molecule has 1 aliphatic heterocycles. The summed E-state index contributed by atoms with van der Waals surface area (Å²) in [5.41, 5.74) is 7.65. The van der Waals surface area contributed by atoms with Gasteiger partial charge in [0.05, 0.1) is 0 Å². The molecule has 0 radical (unpaired) electrons. The number of nitrogens with two attached hydrogens (primary N) is 1. The van der Waals surface area contributed by atoms with Gasteiger partial charge in [-0.3, -0.25) is 4.90 Å². The zero-order valence-electron chi connectivity index (χ0n) is 10.9. The molecular weight excluding hydrogens is 251 g/mol. The van der Waals surface area contributed by atoms with E-state index in [9.17, 15) is 4.39 Å². The largest absolute Gasteiger partial charge is 0.330 e. The fourth-order valence-corrected chi connectivity index (χ4v) is 2.55. The Balaban J connectivity index is 0.00000162. The van der Waals surface area contributed by atoms with E-state index in [4.69, 9.17) is 5.73 Å². The Morgan fingerprint density at radius 2 is 2.22 bits per heavy atom. The van der Waals surface area contributed by atoms with E-state index in [2.05, 4.69) is 4.90 Å². The van der Waals surface area contributed by atoms with Crippen LogP contribution in [0.1, 0.15) is 24.0 Å². The molecule has 0 saturated carbocycles. The van der Waals surface area contributed by atoms with Crippen molar-refractivity contribution in [3.63, 3.8) is 0 Å². The molecule has 2 N–H and O–H groups in total. The number of hydrogen-bond donors (Lipinski definition) is 1. The standard InChI is InChI=1S/C14H21FN2.ClH/c1-11-7-12(4-5-14(11)15)9-17-6-2-3-13(8-16)10-17;/h4-5,7,13H,2-3,6,8-10,16H2,1H3;1H. The van der Waals surface area contributed by atoms with Gasteiger partial charge >= 0.3 is 0 Å². The minimum atomic E-state index is -0.118. The average Bonchev–Trinajstić information content (AvgIpc) is 2.34. The van der Waals surface area contributed by atoms with Crippen LogP contribution in [0.5, 0.6) is 0 Å². The Labute approximate surface area is 115 Å². The highest BCUT2D eigenvalue weighted by molar-refractivity contribution is 5.85. The third kappa shape index (κ3) is 3.94. The number of likely N-dealkylation sites (tertiary alicyclic amines) is 1. The van der Waals surface area contributed by atoms with Gasteiger partial charge in [0.25, 0.3) is 0 Å². The van der Waals surface area contributed by atoms with E-state index in [1.165, 1.54) is 18.4 Å². The first-order valence-electron chi connectivity index (χ1n) is 6.36. The number of nitrogens with zero attached hydrogens (tertiary/aromatic N) is 1. The SMILES string of the molecule is Cc1cc(CN2CCCC(CN)C2)ccc1F.Cl. The molecule has 2 nitrogen and oxygen atoms in total. The zero-order valence-corrected chi connectivity index (χ0v) is 11.7. The van der Waals surface area contributed by atoms with Gasteiger partial charge < -0.3 is 5.73 Å². The number of aryl methyl sites for hydroxylation is 1. The molecule has 1 aromatic carbocycles. The number of benzene rings is 1. The fourth-order valence-electron chi connectivity index (χ4n) is 2.55.